The van der Waals surface area contributed by atoms with Gasteiger partial charge in [-0.3, -0.25) is 19.5 Å². The fourth-order valence-corrected chi connectivity index (χ4v) is 5.89. The molecule has 7 heteroatoms. The zero-order valence-electron chi connectivity index (χ0n) is 22.5. The van der Waals surface area contributed by atoms with Crippen molar-refractivity contribution in [1.82, 2.24) is 20.1 Å². The highest BCUT2D eigenvalue weighted by Crippen LogP contribution is 2.27. The smallest absolute Gasteiger partial charge is 0.256 e. The summed E-state index contributed by atoms with van der Waals surface area (Å²) in [6, 6.07) is 24.3. The third-order valence-corrected chi connectivity index (χ3v) is 8.14. The summed E-state index contributed by atoms with van der Waals surface area (Å²) in [7, 11) is 0. The lowest BCUT2D eigenvalue weighted by molar-refractivity contribution is -0.125. The first-order chi connectivity index (χ1) is 19.1. The molecule has 2 aliphatic rings. The van der Waals surface area contributed by atoms with Crippen LogP contribution in [-0.4, -0.2) is 63.9 Å². The average Bonchev–Trinajstić information content (AvgIpc) is 3.43. The van der Waals surface area contributed by atoms with Crippen LogP contribution in [0.15, 0.2) is 85.2 Å². The molecule has 5 rings (SSSR count). The fourth-order valence-electron chi connectivity index (χ4n) is 5.89. The molecule has 0 spiro atoms. The Kier molecular flexibility index (Phi) is 9.01. The van der Waals surface area contributed by atoms with E-state index in [0.29, 0.717) is 18.5 Å². The van der Waals surface area contributed by atoms with Crippen LogP contribution in [0.4, 0.5) is 0 Å². The van der Waals surface area contributed by atoms with Gasteiger partial charge in [-0.25, -0.2) is 0 Å². The summed E-state index contributed by atoms with van der Waals surface area (Å²) >= 11 is 0. The lowest BCUT2D eigenvalue weighted by atomic mass is 9.91. The van der Waals surface area contributed by atoms with E-state index < -0.39 is 6.04 Å². The van der Waals surface area contributed by atoms with Crippen molar-refractivity contribution in [1.29, 1.82) is 0 Å². The lowest BCUT2D eigenvalue weighted by Gasteiger charge is -2.30. The number of likely N-dealkylation sites (tertiary alicyclic amines) is 1. The molecule has 39 heavy (non-hydrogen) atoms. The molecule has 0 bridgehead atoms. The maximum absolute atomic E-state index is 13.7. The number of hydrogen-bond donors (Lipinski definition) is 2. The molecule has 1 aromatic heterocycles. The van der Waals surface area contributed by atoms with Crippen LogP contribution in [0.1, 0.15) is 53.6 Å². The Morgan fingerprint density at radius 2 is 1.62 bits per heavy atom. The number of aromatic nitrogens is 1. The highest BCUT2D eigenvalue weighted by molar-refractivity contribution is 5.97. The van der Waals surface area contributed by atoms with Crippen molar-refractivity contribution in [3.05, 3.63) is 102 Å². The normalized spacial score (nSPS) is 23.1. The Bertz CT molecular complexity index is 1200. The zero-order chi connectivity index (χ0) is 27.0. The topological polar surface area (TPSA) is 91.6 Å². The van der Waals surface area contributed by atoms with Gasteiger partial charge in [-0.1, -0.05) is 60.7 Å². The summed E-state index contributed by atoms with van der Waals surface area (Å²) in [5.41, 5.74) is 9.10. The van der Waals surface area contributed by atoms with E-state index >= 15 is 0 Å². The van der Waals surface area contributed by atoms with Crippen molar-refractivity contribution in [3.63, 3.8) is 0 Å². The van der Waals surface area contributed by atoms with Crippen LogP contribution in [0.25, 0.3) is 0 Å². The van der Waals surface area contributed by atoms with Crippen LogP contribution < -0.4 is 11.1 Å². The van der Waals surface area contributed by atoms with Gasteiger partial charge in [0.1, 0.15) is 6.04 Å². The van der Waals surface area contributed by atoms with Crippen molar-refractivity contribution in [2.45, 2.75) is 69.2 Å². The number of hydrogen-bond acceptors (Lipinski definition) is 5. The van der Waals surface area contributed by atoms with Gasteiger partial charge in [0.05, 0.1) is 5.56 Å². The molecule has 7 nitrogen and oxygen atoms in total. The molecule has 204 valence electrons. The van der Waals surface area contributed by atoms with Gasteiger partial charge in [-0.2, -0.15) is 0 Å². The van der Waals surface area contributed by atoms with Gasteiger partial charge in [-0.05, 0) is 61.8 Å². The monoisotopic (exact) mass is 525 g/mol. The Morgan fingerprint density at radius 1 is 0.923 bits per heavy atom. The third kappa shape index (κ3) is 7.11. The number of nitrogens with two attached hydrogens (primary N) is 1. The minimum Gasteiger partial charge on any atom is -0.352 e. The first-order valence-corrected chi connectivity index (χ1v) is 14.2. The van der Waals surface area contributed by atoms with Crippen molar-refractivity contribution in [3.8, 4) is 0 Å². The lowest BCUT2D eigenvalue weighted by Crippen LogP contribution is -2.50. The minimum atomic E-state index is -0.520. The molecule has 3 aromatic rings. The van der Waals surface area contributed by atoms with Crippen LogP contribution in [0, 0.1) is 0 Å². The Morgan fingerprint density at radius 3 is 2.28 bits per heavy atom. The molecule has 2 fully saturated rings. The number of carbonyl (C=O) groups is 2. The second-order valence-corrected chi connectivity index (χ2v) is 10.9. The summed E-state index contributed by atoms with van der Waals surface area (Å²) in [6.45, 7) is 2.11. The van der Waals surface area contributed by atoms with E-state index in [-0.39, 0.29) is 29.9 Å². The quantitative estimate of drug-likeness (QED) is 0.444. The number of pyridine rings is 1. The highest BCUT2D eigenvalue weighted by atomic mass is 16.2. The number of benzene rings is 2. The average molecular weight is 526 g/mol. The van der Waals surface area contributed by atoms with Crippen LogP contribution in [0.2, 0.25) is 0 Å². The molecule has 2 aromatic carbocycles. The molecule has 2 heterocycles. The Hall–Kier alpha value is -3.55. The molecular formula is C32H39N5O2. The molecule has 2 unspecified atom stereocenters. The molecule has 1 saturated heterocycles. The van der Waals surface area contributed by atoms with Crippen molar-refractivity contribution in [2.75, 3.05) is 13.1 Å². The highest BCUT2D eigenvalue weighted by Gasteiger charge is 2.42. The van der Waals surface area contributed by atoms with Crippen molar-refractivity contribution >= 4 is 11.8 Å². The molecule has 0 radical (unpaired) electrons. The first kappa shape index (κ1) is 27.0. The largest absolute Gasteiger partial charge is 0.352 e. The van der Waals surface area contributed by atoms with E-state index in [4.69, 9.17) is 5.73 Å². The number of rotatable bonds is 9. The first-order valence-electron chi connectivity index (χ1n) is 14.2. The summed E-state index contributed by atoms with van der Waals surface area (Å²) in [4.78, 5) is 35.7. The van der Waals surface area contributed by atoms with Gasteiger partial charge in [-0.15, -0.1) is 0 Å². The van der Waals surface area contributed by atoms with E-state index in [9.17, 15) is 9.59 Å². The number of carbonyl (C=O) groups excluding carboxylic acids is 2. The van der Waals surface area contributed by atoms with Crippen LogP contribution in [-0.2, 0) is 17.8 Å². The number of nitrogens with zero attached hydrogens (tertiary/aromatic N) is 3. The number of amides is 2. The molecule has 2 amide bonds. The molecule has 2 atom stereocenters. The van der Waals surface area contributed by atoms with E-state index in [1.807, 2.05) is 12.1 Å². The van der Waals surface area contributed by atoms with Crippen molar-refractivity contribution in [2.24, 2.45) is 5.73 Å². The van der Waals surface area contributed by atoms with Crippen LogP contribution >= 0.6 is 0 Å². The predicted octanol–water partition coefficient (Wildman–Crippen LogP) is 3.80. The standard InChI is InChI=1S/C32H39N5O2/c33-27-13-15-28(16-14-27)35-31(38)30-20-29(23-37(30)32(39)26-12-7-18-34-21-26)36(22-25-10-5-2-6-11-25)19-17-24-8-3-1-4-9-24/h1-12,18,21,27-30H,13-17,19-20,22-23,33H2,(H,35,38). The maximum Gasteiger partial charge on any atom is 0.256 e. The van der Waals surface area contributed by atoms with Crippen molar-refractivity contribution < 1.29 is 9.59 Å². The SMILES string of the molecule is NC1CCC(NC(=O)C2CC(N(CCc3ccccc3)Cc3ccccc3)CN2C(=O)c2cccnc2)CC1. The maximum atomic E-state index is 13.7. The van der Waals surface area contributed by atoms with Gasteiger partial charge in [0.25, 0.3) is 5.91 Å². The predicted molar refractivity (Wildman–Crippen MR) is 153 cm³/mol. The second-order valence-electron chi connectivity index (χ2n) is 10.9. The summed E-state index contributed by atoms with van der Waals surface area (Å²) in [5, 5.41) is 3.26. The van der Waals surface area contributed by atoms with E-state index in [1.165, 1.54) is 11.1 Å². The van der Waals surface area contributed by atoms with Crippen LogP contribution in [0.3, 0.4) is 0 Å². The summed E-state index contributed by atoms with van der Waals surface area (Å²) in [6.07, 6.45) is 8.36. The van der Waals surface area contributed by atoms with Gasteiger partial charge >= 0.3 is 0 Å². The molecule has 1 saturated carbocycles. The second kappa shape index (κ2) is 13.0. The Balaban J connectivity index is 1.36. The zero-order valence-corrected chi connectivity index (χ0v) is 22.5. The summed E-state index contributed by atoms with van der Waals surface area (Å²) in [5.74, 6) is -0.197. The molecule has 1 aliphatic carbocycles. The third-order valence-electron chi connectivity index (χ3n) is 8.14. The number of nitrogens with one attached hydrogen (secondary N) is 1. The molecule has 1 aliphatic heterocycles. The van der Waals surface area contributed by atoms with Gasteiger partial charge < -0.3 is 16.0 Å². The van der Waals surface area contributed by atoms with Gasteiger partial charge in [0, 0.05) is 50.2 Å². The molecule has 3 N–H and O–H groups in total. The van der Waals surface area contributed by atoms with E-state index in [1.54, 1.807) is 29.4 Å². The fraction of sp³-hybridized carbons (Fsp3) is 0.406. The van der Waals surface area contributed by atoms with E-state index in [0.717, 1.165) is 45.2 Å². The Labute approximate surface area is 231 Å². The van der Waals surface area contributed by atoms with E-state index in [2.05, 4.69) is 63.7 Å². The van der Waals surface area contributed by atoms with Gasteiger partial charge in [0.15, 0.2) is 0 Å². The molecular weight excluding hydrogens is 486 g/mol. The summed E-state index contributed by atoms with van der Waals surface area (Å²) < 4.78 is 0. The minimum absolute atomic E-state index is 0.0575. The van der Waals surface area contributed by atoms with Crippen LogP contribution in [0.5, 0.6) is 0 Å². The van der Waals surface area contributed by atoms with Gasteiger partial charge in [0.2, 0.25) is 5.91 Å².